The summed E-state index contributed by atoms with van der Waals surface area (Å²) < 4.78 is 0. The fourth-order valence-corrected chi connectivity index (χ4v) is 3.91. The first-order valence-electron chi connectivity index (χ1n) is 9.90. The van der Waals surface area contributed by atoms with Gasteiger partial charge in [-0.2, -0.15) is 5.26 Å². The molecule has 4 nitrogen and oxygen atoms in total. The molecule has 0 radical (unpaired) electrons. The van der Waals surface area contributed by atoms with E-state index in [4.69, 9.17) is 16.9 Å². The molecule has 1 aliphatic heterocycles. The molecule has 3 rings (SSSR count). The molecule has 1 fully saturated rings. The first-order valence-corrected chi connectivity index (χ1v) is 10.3. The van der Waals surface area contributed by atoms with Gasteiger partial charge >= 0.3 is 0 Å². The Kier molecular flexibility index (Phi) is 6.95. The van der Waals surface area contributed by atoms with Crippen molar-refractivity contribution in [3.8, 4) is 6.07 Å². The lowest BCUT2D eigenvalue weighted by Crippen LogP contribution is -2.38. The van der Waals surface area contributed by atoms with Crippen LogP contribution in [0.4, 0.5) is 5.69 Å². The third-order valence-electron chi connectivity index (χ3n) is 5.30. The smallest absolute Gasteiger partial charge is 0.222 e. The number of hydrogen-bond acceptors (Lipinski definition) is 3. The molecule has 0 aliphatic carbocycles. The van der Waals surface area contributed by atoms with Crippen LogP contribution in [0.2, 0.25) is 5.02 Å². The molecule has 1 amide bonds. The van der Waals surface area contributed by atoms with Crippen molar-refractivity contribution >= 4 is 23.2 Å². The van der Waals surface area contributed by atoms with E-state index in [1.807, 2.05) is 35.2 Å². The van der Waals surface area contributed by atoms with Gasteiger partial charge in [-0.05, 0) is 36.6 Å². The zero-order valence-electron chi connectivity index (χ0n) is 16.3. The Morgan fingerprint density at radius 3 is 2.75 bits per heavy atom. The minimum absolute atomic E-state index is 0.231. The molecule has 1 heterocycles. The van der Waals surface area contributed by atoms with Crippen LogP contribution in [-0.2, 0) is 11.3 Å². The van der Waals surface area contributed by atoms with Crippen LogP contribution in [0.15, 0.2) is 48.5 Å². The highest BCUT2D eigenvalue weighted by atomic mass is 35.5. The van der Waals surface area contributed by atoms with Crippen LogP contribution in [0.25, 0.3) is 0 Å². The molecule has 5 heteroatoms. The summed E-state index contributed by atoms with van der Waals surface area (Å²) in [5.74, 6) is 0.252. The van der Waals surface area contributed by atoms with E-state index in [2.05, 4.69) is 30.0 Å². The van der Waals surface area contributed by atoms with Crippen LogP contribution in [0.1, 0.15) is 43.7 Å². The molecule has 0 unspecified atom stereocenters. The largest absolute Gasteiger partial charge is 0.362 e. The van der Waals surface area contributed by atoms with Crippen molar-refractivity contribution in [2.24, 2.45) is 0 Å². The maximum atomic E-state index is 12.5. The molecule has 28 heavy (non-hydrogen) atoms. The van der Waals surface area contributed by atoms with Crippen LogP contribution in [0.3, 0.4) is 0 Å². The summed E-state index contributed by atoms with van der Waals surface area (Å²) in [5, 5.41) is 9.63. The van der Waals surface area contributed by atoms with Crippen LogP contribution in [0.5, 0.6) is 0 Å². The Balaban J connectivity index is 1.82. The van der Waals surface area contributed by atoms with Gasteiger partial charge in [0.1, 0.15) is 6.07 Å². The number of anilines is 1. The number of carbonyl (C=O) groups is 1. The lowest BCUT2D eigenvalue weighted by atomic mass is 10.1. The third kappa shape index (κ3) is 4.85. The molecule has 0 bridgehead atoms. The van der Waals surface area contributed by atoms with E-state index in [1.54, 1.807) is 6.07 Å². The van der Waals surface area contributed by atoms with Crippen molar-refractivity contribution in [1.82, 2.24) is 4.90 Å². The molecule has 2 aromatic rings. The van der Waals surface area contributed by atoms with E-state index >= 15 is 0 Å². The number of rotatable bonds is 7. The number of unbranched alkanes of at least 4 members (excludes halogenated alkanes) is 1. The number of hydrogen-bond donors (Lipinski definition) is 0. The summed E-state index contributed by atoms with van der Waals surface area (Å²) in [6.07, 6.45) is 3.54. The fraction of sp³-hybridized carbons (Fsp3) is 0.391. The number of nitriles is 1. The van der Waals surface area contributed by atoms with E-state index in [0.29, 0.717) is 17.0 Å². The number of amides is 1. The Morgan fingerprint density at radius 1 is 1.29 bits per heavy atom. The summed E-state index contributed by atoms with van der Waals surface area (Å²) in [5.41, 5.74) is 2.67. The lowest BCUT2D eigenvalue weighted by Gasteiger charge is -2.32. The van der Waals surface area contributed by atoms with E-state index in [1.165, 1.54) is 5.56 Å². The molecule has 0 aromatic heterocycles. The maximum absolute atomic E-state index is 12.5. The van der Waals surface area contributed by atoms with Crippen LogP contribution < -0.4 is 4.90 Å². The summed E-state index contributed by atoms with van der Waals surface area (Å²) in [7, 11) is 0. The molecule has 146 valence electrons. The topological polar surface area (TPSA) is 47.3 Å². The van der Waals surface area contributed by atoms with Gasteiger partial charge in [-0.15, -0.1) is 0 Å². The summed E-state index contributed by atoms with van der Waals surface area (Å²) in [6, 6.07) is 18.2. The molecule has 0 saturated carbocycles. The van der Waals surface area contributed by atoms with E-state index in [-0.39, 0.29) is 11.9 Å². The van der Waals surface area contributed by atoms with Crippen LogP contribution in [-0.4, -0.2) is 29.9 Å². The quantitative estimate of drug-likeness (QED) is 0.662. The zero-order chi connectivity index (χ0) is 19.9. The summed E-state index contributed by atoms with van der Waals surface area (Å²) in [6.45, 7) is 4.37. The highest BCUT2D eigenvalue weighted by Gasteiger charge is 2.30. The normalized spacial score (nSPS) is 16.0. The number of carbonyl (C=O) groups excluding carboxylic acids is 1. The summed E-state index contributed by atoms with van der Waals surface area (Å²) >= 11 is 6.31. The maximum Gasteiger partial charge on any atom is 0.222 e. The predicted molar refractivity (Wildman–Crippen MR) is 113 cm³/mol. The Morgan fingerprint density at radius 2 is 2.07 bits per heavy atom. The van der Waals surface area contributed by atoms with Gasteiger partial charge in [-0.1, -0.05) is 55.3 Å². The molecule has 1 atom stereocenters. The van der Waals surface area contributed by atoms with E-state index in [0.717, 1.165) is 44.6 Å². The van der Waals surface area contributed by atoms with E-state index in [9.17, 15) is 4.79 Å². The average molecular weight is 396 g/mol. The Bertz CT molecular complexity index is 847. The van der Waals surface area contributed by atoms with E-state index < -0.39 is 0 Å². The van der Waals surface area contributed by atoms with Crippen LogP contribution in [0, 0.1) is 11.3 Å². The van der Waals surface area contributed by atoms with Crippen molar-refractivity contribution in [1.29, 1.82) is 5.26 Å². The molecule has 1 aliphatic rings. The second-order valence-electron chi connectivity index (χ2n) is 7.28. The molecule has 2 aromatic carbocycles. The second kappa shape index (κ2) is 9.61. The lowest BCUT2D eigenvalue weighted by molar-refractivity contribution is -0.130. The summed E-state index contributed by atoms with van der Waals surface area (Å²) in [4.78, 5) is 16.8. The molecular formula is C23H26ClN3O. The second-order valence-corrected chi connectivity index (χ2v) is 7.68. The molecule has 1 saturated heterocycles. The number of benzene rings is 2. The van der Waals surface area contributed by atoms with Crippen molar-refractivity contribution in [3.05, 3.63) is 64.7 Å². The SMILES string of the molecule is CCCCC(=O)N1CC[C@H](N(Cc2ccccc2)c2ccc(C#N)c(Cl)c2)C1. The number of halogens is 1. The van der Waals surface area contributed by atoms with Gasteiger partial charge in [0.15, 0.2) is 0 Å². The van der Waals surface area contributed by atoms with Gasteiger partial charge in [0.2, 0.25) is 5.91 Å². The predicted octanol–water partition coefficient (Wildman–Crippen LogP) is 5.01. The van der Waals surface area contributed by atoms with Crippen molar-refractivity contribution in [3.63, 3.8) is 0 Å². The van der Waals surface area contributed by atoms with Gasteiger partial charge in [0, 0.05) is 37.8 Å². The minimum Gasteiger partial charge on any atom is -0.362 e. The Hall–Kier alpha value is -2.51. The van der Waals surface area contributed by atoms with Gasteiger partial charge in [0.05, 0.1) is 10.6 Å². The van der Waals surface area contributed by atoms with Crippen molar-refractivity contribution in [2.75, 3.05) is 18.0 Å². The fourth-order valence-electron chi connectivity index (χ4n) is 3.69. The first-order chi connectivity index (χ1) is 13.6. The first kappa shape index (κ1) is 20.2. The standard InChI is InChI=1S/C23H26ClN3O/c1-2-3-9-23(28)26-13-12-21(17-26)27(16-18-7-5-4-6-8-18)20-11-10-19(15-25)22(24)14-20/h4-8,10-11,14,21H,2-3,9,12-13,16-17H2,1H3/t21-/m0/s1. The van der Waals surface area contributed by atoms with Gasteiger partial charge < -0.3 is 9.80 Å². The monoisotopic (exact) mass is 395 g/mol. The Labute approximate surface area is 172 Å². The zero-order valence-corrected chi connectivity index (χ0v) is 17.0. The molecule has 0 spiro atoms. The number of likely N-dealkylation sites (tertiary alicyclic amines) is 1. The van der Waals surface area contributed by atoms with Crippen molar-refractivity contribution < 1.29 is 4.79 Å². The van der Waals surface area contributed by atoms with Gasteiger partial charge in [-0.25, -0.2) is 0 Å². The highest BCUT2D eigenvalue weighted by Crippen LogP contribution is 2.29. The molecular weight excluding hydrogens is 370 g/mol. The third-order valence-corrected chi connectivity index (χ3v) is 5.61. The van der Waals surface area contributed by atoms with Crippen LogP contribution >= 0.6 is 11.6 Å². The minimum atomic E-state index is 0.231. The molecule has 0 N–H and O–H groups in total. The van der Waals surface area contributed by atoms with Gasteiger partial charge in [-0.3, -0.25) is 4.79 Å². The van der Waals surface area contributed by atoms with Crippen molar-refractivity contribution in [2.45, 2.75) is 45.2 Å². The van der Waals surface area contributed by atoms with Gasteiger partial charge in [0.25, 0.3) is 0 Å². The highest BCUT2D eigenvalue weighted by molar-refractivity contribution is 6.32. The number of nitrogens with zero attached hydrogens (tertiary/aromatic N) is 3. The average Bonchev–Trinajstić information content (AvgIpc) is 3.21.